The van der Waals surface area contributed by atoms with E-state index in [9.17, 15) is 22.8 Å². The Morgan fingerprint density at radius 2 is 1.80 bits per heavy atom. The molecule has 1 heterocycles. The highest BCUT2D eigenvalue weighted by Crippen LogP contribution is 2.31. The first-order valence-electron chi connectivity index (χ1n) is 6.86. The van der Waals surface area contributed by atoms with Crippen molar-refractivity contribution in [3.8, 4) is 0 Å². The van der Waals surface area contributed by atoms with Gasteiger partial charge in [-0.25, -0.2) is 4.79 Å². The van der Waals surface area contributed by atoms with Gasteiger partial charge in [0, 0.05) is 18.1 Å². The summed E-state index contributed by atoms with van der Waals surface area (Å²) < 4.78 is 36.4. The Hall–Kier alpha value is -2.55. The summed E-state index contributed by atoms with van der Waals surface area (Å²) in [5.74, 6) is -0.644. The molecule has 25 heavy (non-hydrogen) atoms. The Morgan fingerprint density at radius 1 is 1.16 bits per heavy atom. The van der Waals surface area contributed by atoms with Gasteiger partial charge in [-0.3, -0.25) is 9.78 Å². The maximum Gasteiger partial charge on any atom is 0.417 e. The summed E-state index contributed by atoms with van der Waals surface area (Å²) in [6.07, 6.45) is -3.09. The van der Waals surface area contributed by atoms with Crippen molar-refractivity contribution in [2.75, 3.05) is 5.75 Å². The number of benzene rings is 1. The van der Waals surface area contributed by atoms with E-state index in [0.717, 1.165) is 11.9 Å². The Bertz CT molecular complexity index is 709. The number of alkyl halides is 3. The van der Waals surface area contributed by atoms with Crippen LogP contribution in [-0.2, 0) is 16.7 Å². The van der Waals surface area contributed by atoms with E-state index >= 15 is 0 Å². The number of carboxylic acid groups (broad SMARTS) is 1. The monoisotopic (exact) mass is 372 g/mol. The molecule has 0 saturated heterocycles. The van der Waals surface area contributed by atoms with Gasteiger partial charge in [-0.15, -0.1) is 11.8 Å². The third kappa shape index (κ3) is 7.71. The van der Waals surface area contributed by atoms with Crippen LogP contribution >= 0.6 is 11.8 Å². The first-order chi connectivity index (χ1) is 11.7. The molecule has 0 aliphatic carbocycles. The zero-order valence-corrected chi connectivity index (χ0v) is 13.7. The molecule has 0 unspecified atom stereocenters. The third-order valence-corrected chi connectivity index (χ3v) is 3.74. The van der Waals surface area contributed by atoms with Crippen molar-refractivity contribution in [2.45, 2.75) is 11.9 Å². The van der Waals surface area contributed by atoms with Crippen LogP contribution in [0.5, 0.6) is 0 Å². The van der Waals surface area contributed by atoms with Gasteiger partial charge in [-0.2, -0.15) is 13.2 Å². The van der Waals surface area contributed by atoms with Crippen LogP contribution in [0.1, 0.15) is 21.5 Å². The third-order valence-electron chi connectivity index (χ3n) is 2.71. The second-order valence-corrected chi connectivity index (χ2v) is 5.65. The average Bonchev–Trinajstić information content (AvgIpc) is 2.55. The van der Waals surface area contributed by atoms with Crippen LogP contribution in [0.25, 0.3) is 0 Å². The van der Waals surface area contributed by atoms with Crippen molar-refractivity contribution in [2.24, 2.45) is 5.73 Å². The van der Waals surface area contributed by atoms with Crippen molar-refractivity contribution in [1.29, 1.82) is 0 Å². The van der Waals surface area contributed by atoms with Crippen LogP contribution in [0.4, 0.5) is 13.2 Å². The molecule has 9 heteroatoms. The number of nitrogens with two attached hydrogens (primary N) is 1. The number of halogens is 3. The minimum Gasteiger partial charge on any atom is -0.478 e. The van der Waals surface area contributed by atoms with Crippen LogP contribution in [-0.4, -0.2) is 27.7 Å². The molecular formula is C16H15F3N2O3S. The summed E-state index contributed by atoms with van der Waals surface area (Å²) in [6.45, 7) is 0. The number of carbonyl (C=O) groups excluding carboxylic acids is 1. The minimum absolute atomic E-state index is 0.254. The number of pyridine rings is 1. The van der Waals surface area contributed by atoms with E-state index in [2.05, 4.69) is 4.98 Å². The second-order valence-electron chi connectivity index (χ2n) is 4.67. The lowest BCUT2D eigenvalue weighted by Crippen LogP contribution is -2.13. The summed E-state index contributed by atoms with van der Waals surface area (Å²) in [5, 5.41) is 8.39. The molecule has 0 aliphatic heterocycles. The van der Waals surface area contributed by atoms with Gasteiger partial charge >= 0.3 is 12.1 Å². The van der Waals surface area contributed by atoms with E-state index in [-0.39, 0.29) is 5.91 Å². The Labute approximate surface area is 146 Å². The number of thioether (sulfide) groups is 1. The number of hydrogen-bond donors (Lipinski definition) is 2. The zero-order chi connectivity index (χ0) is 18.9. The maximum atomic E-state index is 12.1. The molecule has 0 saturated carbocycles. The summed E-state index contributed by atoms with van der Waals surface area (Å²) >= 11 is 1.54. The van der Waals surface area contributed by atoms with Gasteiger partial charge in [0.05, 0.1) is 16.9 Å². The van der Waals surface area contributed by atoms with Gasteiger partial charge in [0.25, 0.3) is 0 Å². The number of carbonyl (C=O) groups is 2. The normalized spacial score (nSPS) is 10.5. The number of aromatic carboxylic acids is 1. The largest absolute Gasteiger partial charge is 0.478 e. The fraction of sp³-hybridized carbons (Fsp3) is 0.188. The van der Waals surface area contributed by atoms with E-state index in [1.54, 1.807) is 0 Å². The number of rotatable bonds is 5. The standard InChI is InChI=1S/C9H11NOS.C7H4F3NO2/c10-9(11)7-12-6-8-4-2-1-3-5-8;8-7(9,10)5-1-2-11-3-4(5)6(12)13/h1-5H,6-7H2,(H2,10,11);1-3H,(H,12,13). The Morgan fingerprint density at radius 3 is 2.28 bits per heavy atom. The van der Waals surface area contributed by atoms with Gasteiger partial charge in [-0.1, -0.05) is 30.3 Å². The van der Waals surface area contributed by atoms with E-state index < -0.39 is 23.3 Å². The molecule has 134 valence electrons. The van der Waals surface area contributed by atoms with Crippen LogP contribution in [0, 0.1) is 0 Å². The summed E-state index contributed by atoms with van der Waals surface area (Å²) in [4.78, 5) is 24.0. The highest BCUT2D eigenvalue weighted by molar-refractivity contribution is 7.99. The summed E-state index contributed by atoms with van der Waals surface area (Å²) in [7, 11) is 0. The van der Waals surface area contributed by atoms with Gasteiger partial charge < -0.3 is 10.8 Å². The quantitative estimate of drug-likeness (QED) is 0.841. The van der Waals surface area contributed by atoms with Crippen LogP contribution in [0.3, 0.4) is 0 Å². The zero-order valence-electron chi connectivity index (χ0n) is 12.9. The summed E-state index contributed by atoms with van der Waals surface area (Å²) in [6, 6.07) is 10.6. The number of nitrogens with zero attached hydrogens (tertiary/aromatic N) is 1. The Kier molecular flexibility index (Phi) is 7.93. The first kappa shape index (κ1) is 20.5. The fourth-order valence-electron chi connectivity index (χ4n) is 1.66. The second kappa shape index (κ2) is 9.67. The van der Waals surface area contributed by atoms with Crippen molar-refractivity contribution in [1.82, 2.24) is 4.98 Å². The van der Waals surface area contributed by atoms with Crippen molar-refractivity contribution >= 4 is 23.6 Å². The molecule has 1 aromatic carbocycles. The van der Waals surface area contributed by atoms with Crippen LogP contribution < -0.4 is 5.73 Å². The van der Waals surface area contributed by atoms with Crippen molar-refractivity contribution < 1.29 is 27.9 Å². The van der Waals surface area contributed by atoms with Gasteiger partial charge in [0.15, 0.2) is 0 Å². The topological polar surface area (TPSA) is 93.3 Å². The number of amides is 1. The van der Waals surface area contributed by atoms with Crippen molar-refractivity contribution in [3.05, 3.63) is 65.5 Å². The lowest BCUT2D eigenvalue weighted by atomic mass is 10.1. The highest BCUT2D eigenvalue weighted by Gasteiger charge is 2.35. The average molecular weight is 372 g/mol. The molecule has 0 spiro atoms. The van der Waals surface area contributed by atoms with E-state index in [0.29, 0.717) is 18.0 Å². The Balaban J connectivity index is 0.000000251. The van der Waals surface area contributed by atoms with E-state index in [4.69, 9.17) is 10.8 Å². The SMILES string of the molecule is NC(=O)CSCc1ccccc1.O=C(O)c1cnccc1C(F)(F)F. The van der Waals surface area contributed by atoms with E-state index in [1.807, 2.05) is 30.3 Å². The van der Waals surface area contributed by atoms with Gasteiger partial charge in [0.1, 0.15) is 0 Å². The van der Waals surface area contributed by atoms with Crippen LogP contribution in [0.15, 0.2) is 48.8 Å². The summed E-state index contributed by atoms with van der Waals surface area (Å²) in [5.41, 5.74) is 4.20. The number of carboxylic acids is 1. The maximum absolute atomic E-state index is 12.1. The smallest absolute Gasteiger partial charge is 0.417 e. The predicted molar refractivity (Wildman–Crippen MR) is 88.0 cm³/mol. The molecule has 0 atom stereocenters. The van der Waals surface area contributed by atoms with Gasteiger partial charge in [-0.05, 0) is 11.6 Å². The molecule has 0 bridgehead atoms. The van der Waals surface area contributed by atoms with Crippen LogP contribution in [0.2, 0.25) is 0 Å². The fourth-order valence-corrected chi connectivity index (χ4v) is 2.39. The lowest BCUT2D eigenvalue weighted by molar-refractivity contribution is -0.138. The predicted octanol–water partition coefficient (Wildman–Crippen LogP) is 3.20. The molecule has 5 nitrogen and oxygen atoms in total. The molecule has 0 aliphatic rings. The van der Waals surface area contributed by atoms with Crippen molar-refractivity contribution in [3.63, 3.8) is 0 Å². The van der Waals surface area contributed by atoms with E-state index in [1.165, 1.54) is 17.3 Å². The molecule has 1 aromatic heterocycles. The highest BCUT2D eigenvalue weighted by atomic mass is 32.2. The van der Waals surface area contributed by atoms with Gasteiger partial charge in [0.2, 0.25) is 5.91 Å². The number of primary amides is 1. The molecule has 0 fully saturated rings. The molecule has 0 radical (unpaired) electrons. The lowest BCUT2D eigenvalue weighted by Gasteiger charge is -2.08. The number of aromatic nitrogens is 1. The molecule has 3 N–H and O–H groups in total. The molecular weight excluding hydrogens is 357 g/mol. The first-order valence-corrected chi connectivity index (χ1v) is 8.01. The molecule has 2 aromatic rings. The number of hydrogen-bond acceptors (Lipinski definition) is 4. The minimum atomic E-state index is -4.66. The molecule has 1 amide bonds. The molecule has 2 rings (SSSR count).